The molecule has 1 aromatic carbocycles. The van der Waals surface area contributed by atoms with Crippen LogP contribution in [0.2, 0.25) is 0 Å². The first-order valence-corrected chi connectivity index (χ1v) is 11.3. The first-order chi connectivity index (χ1) is 15.9. The molecular formula is C22H26FN5O5. The molecule has 5 heterocycles. The monoisotopic (exact) mass is 459 g/mol. The van der Waals surface area contributed by atoms with Gasteiger partial charge in [-0.1, -0.05) is 5.16 Å². The zero-order chi connectivity index (χ0) is 22.9. The van der Waals surface area contributed by atoms with E-state index in [0.717, 1.165) is 5.56 Å². The van der Waals surface area contributed by atoms with E-state index in [1.165, 1.54) is 4.90 Å². The van der Waals surface area contributed by atoms with Crippen molar-refractivity contribution in [2.75, 3.05) is 42.7 Å². The lowest BCUT2D eigenvalue weighted by atomic mass is 9.68. The number of ether oxygens (including phenoxy) is 2. The number of cyclic esters (lactones) is 1. The molecule has 1 amide bonds. The van der Waals surface area contributed by atoms with E-state index < -0.39 is 18.0 Å². The number of nitrogens with one attached hydrogen (secondary N) is 1. The third-order valence-corrected chi connectivity index (χ3v) is 7.15. The number of carbonyl (C=O) groups is 1. The zero-order valence-corrected chi connectivity index (χ0v) is 18.5. The highest BCUT2D eigenvalue weighted by atomic mass is 19.1. The minimum Gasteiger partial charge on any atom is -0.441 e. The summed E-state index contributed by atoms with van der Waals surface area (Å²) in [4.78, 5) is 20.2. The number of halogens is 1. The Balaban J connectivity index is 1.51. The van der Waals surface area contributed by atoms with Crippen molar-refractivity contribution in [3.8, 4) is 0 Å². The molecule has 1 spiro atoms. The molecule has 4 aliphatic rings. The summed E-state index contributed by atoms with van der Waals surface area (Å²) < 4.78 is 32.7. The van der Waals surface area contributed by atoms with Crippen molar-refractivity contribution in [2.45, 2.75) is 44.6 Å². The number of nitrogens with zero attached hydrogens (tertiary/aromatic N) is 4. The largest absolute Gasteiger partial charge is 0.441 e. The fourth-order valence-electron chi connectivity index (χ4n) is 6.01. The first-order valence-electron chi connectivity index (χ1n) is 11.3. The predicted molar refractivity (Wildman–Crippen MR) is 117 cm³/mol. The number of rotatable bonds is 2. The highest BCUT2D eigenvalue weighted by Gasteiger charge is 2.52. The van der Waals surface area contributed by atoms with Crippen molar-refractivity contribution in [3.05, 3.63) is 17.4 Å². The maximum atomic E-state index is 16.0. The molecule has 1 aromatic heterocycles. The van der Waals surface area contributed by atoms with Crippen LogP contribution in [0.25, 0.3) is 11.0 Å². The van der Waals surface area contributed by atoms with Gasteiger partial charge in [-0.3, -0.25) is 15.2 Å². The van der Waals surface area contributed by atoms with Gasteiger partial charge >= 0.3 is 6.09 Å². The van der Waals surface area contributed by atoms with Gasteiger partial charge in [0.25, 0.3) is 0 Å². The van der Waals surface area contributed by atoms with E-state index in [2.05, 4.69) is 20.4 Å². The number of anilines is 2. The second-order valence-electron chi connectivity index (χ2n) is 9.44. The highest BCUT2D eigenvalue weighted by Crippen LogP contribution is 2.48. The summed E-state index contributed by atoms with van der Waals surface area (Å²) in [5, 5.41) is 17.2. The molecule has 33 heavy (non-hydrogen) atoms. The van der Waals surface area contributed by atoms with E-state index in [0.29, 0.717) is 37.3 Å². The van der Waals surface area contributed by atoms with Crippen molar-refractivity contribution in [2.24, 2.45) is 10.4 Å². The lowest BCUT2D eigenvalue weighted by molar-refractivity contribution is -0.0522. The average molecular weight is 459 g/mol. The third kappa shape index (κ3) is 2.99. The summed E-state index contributed by atoms with van der Waals surface area (Å²) in [5.74, 6) is -0.294. The van der Waals surface area contributed by atoms with E-state index in [1.54, 1.807) is 0 Å². The Labute approximate surface area is 189 Å². The molecular weight excluding hydrogens is 433 g/mol. The number of hydrogen-bond acceptors (Lipinski definition) is 9. The SMILES string of the molecule is C[C@@H]1CN2c3c(cc4c(N5C[C@@H](CO)OC5=O)noc4c3F)CC3(C=NCNC3)[C@H]2[C@H](C)O1. The Morgan fingerprint density at radius 1 is 1.36 bits per heavy atom. The minimum atomic E-state index is -0.656. The Kier molecular flexibility index (Phi) is 4.65. The number of aliphatic hydroxyl groups is 1. The van der Waals surface area contributed by atoms with Gasteiger partial charge in [-0.25, -0.2) is 9.18 Å². The van der Waals surface area contributed by atoms with Crippen LogP contribution in [0.15, 0.2) is 15.6 Å². The molecule has 10 nitrogen and oxygen atoms in total. The van der Waals surface area contributed by atoms with Gasteiger partial charge in [-0.2, -0.15) is 0 Å². The van der Waals surface area contributed by atoms with Crippen LogP contribution in [0.1, 0.15) is 19.4 Å². The number of carbonyl (C=O) groups excluding carboxylic acids is 1. The molecule has 0 aliphatic carbocycles. The van der Waals surface area contributed by atoms with Gasteiger partial charge in [0.2, 0.25) is 5.58 Å². The third-order valence-electron chi connectivity index (χ3n) is 7.15. The number of aliphatic hydroxyl groups excluding tert-OH is 1. The number of morpholine rings is 1. The van der Waals surface area contributed by atoms with Gasteiger partial charge in [0.15, 0.2) is 11.6 Å². The number of benzene rings is 1. The van der Waals surface area contributed by atoms with E-state index in [4.69, 9.17) is 14.0 Å². The maximum absolute atomic E-state index is 16.0. The quantitative estimate of drug-likeness (QED) is 0.694. The van der Waals surface area contributed by atoms with Crippen molar-refractivity contribution in [1.29, 1.82) is 0 Å². The van der Waals surface area contributed by atoms with Crippen molar-refractivity contribution in [1.82, 2.24) is 10.5 Å². The molecule has 5 atom stereocenters. The Hall–Kier alpha value is -2.76. The topological polar surface area (TPSA) is 113 Å². The number of fused-ring (bicyclic) bond motifs is 5. The molecule has 2 saturated heterocycles. The molecule has 11 heteroatoms. The van der Waals surface area contributed by atoms with Crippen LogP contribution in [0.5, 0.6) is 0 Å². The second-order valence-corrected chi connectivity index (χ2v) is 9.44. The van der Waals surface area contributed by atoms with Crippen molar-refractivity contribution < 1.29 is 28.3 Å². The summed E-state index contributed by atoms with van der Waals surface area (Å²) >= 11 is 0. The van der Waals surface area contributed by atoms with E-state index in [-0.39, 0.29) is 48.2 Å². The number of amides is 1. The Morgan fingerprint density at radius 3 is 2.94 bits per heavy atom. The maximum Gasteiger partial charge on any atom is 0.416 e. The van der Waals surface area contributed by atoms with Gasteiger partial charge in [0.1, 0.15) is 6.10 Å². The zero-order valence-electron chi connectivity index (χ0n) is 18.5. The van der Waals surface area contributed by atoms with Crippen LogP contribution in [0.3, 0.4) is 0 Å². The van der Waals surface area contributed by atoms with Crippen molar-refractivity contribution >= 4 is 34.8 Å². The highest BCUT2D eigenvalue weighted by molar-refractivity contribution is 6.01. The van der Waals surface area contributed by atoms with Gasteiger partial charge < -0.3 is 24.0 Å². The van der Waals surface area contributed by atoms with Gasteiger partial charge in [0, 0.05) is 24.7 Å². The van der Waals surface area contributed by atoms with Crippen LogP contribution >= 0.6 is 0 Å². The van der Waals surface area contributed by atoms with E-state index in [1.807, 2.05) is 26.1 Å². The molecule has 0 bridgehead atoms. The molecule has 6 rings (SSSR count). The van der Waals surface area contributed by atoms with Gasteiger partial charge in [-0.05, 0) is 31.9 Å². The molecule has 2 aromatic rings. The van der Waals surface area contributed by atoms with Crippen LogP contribution in [-0.4, -0.2) is 79.8 Å². The summed E-state index contributed by atoms with van der Waals surface area (Å²) in [6, 6.07) is 1.77. The van der Waals surface area contributed by atoms with Crippen LogP contribution in [-0.2, 0) is 15.9 Å². The lowest BCUT2D eigenvalue weighted by Gasteiger charge is -2.56. The van der Waals surface area contributed by atoms with Crippen LogP contribution in [0, 0.1) is 11.2 Å². The molecule has 2 N–H and O–H groups in total. The van der Waals surface area contributed by atoms with Crippen molar-refractivity contribution in [3.63, 3.8) is 0 Å². The molecule has 0 saturated carbocycles. The van der Waals surface area contributed by atoms with Crippen LogP contribution < -0.4 is 15.1 Å². The summed E-state index contributed by atoms with van der Waals surface area (Å²) in [6.07, 6.45) is 1.07. The Bertz CT molecular complexity index is 1150. The molecule has 4 aliphatic heterocycles. The summed E-state index contributed by atoms with van der Waals surface area (Å²) in [5.41, 5.74) is 0.944. The van der Waals surface area contributed by atoms with Gasteiger partial charge in [0.05, 0.1) is 49.1 Å². The fraction of sp³-hybridized carbons (Fsp3) is 0.591. The average Bonchev–Trinajstić information content (AvgIpc) is 3.36. The lowest BCUT2D eigenvalue weighted by Crippen LogP contribution is -2.67. The molecule has 2 fully saturated rings. The second kappa shape index (κ2) is 7.37. The normalized spacial score (nSPS) is 33.5. The smallest absolute Gasteiger partial charge is 0.416 e. The fourth-order valence-corrected chi connectivity index (χ4v) is 6.01. The minimum absolute atomic E-state index is 0.000864. The number of aromatic nitrogens is 1. The standard InChI is InChI=1S/C22H26FN5O5/c1-11-5-27-17-13(4-22(8-24-10-25-9-22)19(27)12(2)31-11)3-15-18(16(17)23)33-26-20(15)28-6-14(7-29)32-21(28)30/h3,8,11-12,14,19,25,29H,4-7,9-10H2,1-2H3/t11-,12+,14+,19-,22?/m1/s1. The Morgan fingerprint density at radius 2 is 2.21 bits per heavy atom. The number of hydrogen-bond donors (Lipinski definition) is 2. The molecule has 0 radical (unpaired) electrons. The van der Waals surface area contributed by atoms with Gasteiger partial charge in [-0.15, -0.1) is 0 Å². The first kappa shape index (κ1) is 20.8. The van der Waals surface area contributed by atoms with E-state index in [9.17, 15) is 9.90 Å². The number of aliphatic imine (C=N–C) groups is 1. The van der Waals surface area contributed by atoms with Crippen LogP contribution in [0.4, 0.5) is 20.7 Å². The molecule has 176 valence electrons. The van der Waals surface area contributed by atoms with E-state index >= 15 is 4.39 Å². The summed E-state index contributed by atoms with van der Waals surface area (Å²) in [6.45, 7) is 5.63. The summed E-state index contributed by atoms with van der Waals surface area (Å²) in [7, 11) is 0. The molecule has 1 unspecified atom stereocenters. The predicted octanol–water partition coefficient (Wildman–Crippen LogP) is 1.44.